The van der Waals surface area contributed by atoms with Gasteiger partial charge >= 0.3 is 0 Å². The van der Waals surface area contributed by atoms with Crippen molar-refractivity contribution in [2.75, 3.05) is 30.3 Å². The fourth-order valence-corrected chi connectivity index (χ4v) is 4.90. The van der Waals surface area contributed by atoms with E-state index in [2.05, 4.69) is 58.4 Å². The minimum Gasteiger partial charge on any atom is -0.365 e. The second-order valence-corrected chi connectivity index (χ2v) is 10.7. The zero-order chi connectivity index (χ0) is 25.4. The molecule has 0 saturated carbocycles. The van der Waals surface area contributed by atoms with Crippen LogP contribution in [0.3, 0.4) is 0 Å². The van der Waals surface area contributed by atoms with Gasteiger partial charge in [-0.25, -0.2) is 4.98 Å². The molecule has 0 radical (unpaired) electrons. The van der Waals surface area contributed by atoms with Gasteiger partial charge in [-0.15, -0.1) is 0 Å². The molecule has 1 aliphatic heterocycles. The summed E-state index contributed by atoms with van der Waals surface area (Å²) < 4.78 is 0. The quantitative estimate of drug-likeness (QED) is 0.370. The van der Waals surface area contributed by atoms with Crippen molar-refractivity contribution in [3.8, 4) is 0 Å². The number of carbonyl (C=O) groups excluding carboxylic acids is 1. The number of hydrogen-bond donors (Lipinski definition) is 2. The fraction of sp³-hybridized carbons (Fsp3) is 0.433. The molecule has 192 valence electrons. The third kappa shape index (κ3) is 7.14. The Kier molecular flexibility index (Phi) is 8.70. The first kappa shape index (κ1) is 25.8. The molecule has 0 atom stereocenters. The summed E-state index contributed by atoms with van der Waals surface area (Å²) in [7, 11) is 0. The topological polar surface area (TPSA) is 70.1 Å². The predicted molar refractivity (Wildman–Crippen MR) is 150 cm³/mol. The second-order valence-electron chi connectivity index (χ2n) is 10.7. The number of piperidine rings is 1. The van der Waals surface area contributed by atoms with Gasteiger partial charge in [0.25, 0.3) is 5.91 Å². The van der Waals surface area contributed by atoms with Crippen LogP contribution in [-0.4, -0.2) is 40.4 Å². The summed E-state index contributed by atoms with van der Waals surface area (Å²) in [6, 6.07) is 13.8. The molecule has 2 aromatic heterocycles. The number of amides is 1. The van der Waals surface area contributed by atoms with Gasteiger partial charge in [0.1, 0.15) is 5.82 Å². The number of carbonyl (C=O) groups is 1. The van der Waals surface area contributed by atoms with Crippen LogP contribution in [0.15, 0.2) is 61.1 Å². The SMILES string of the molecule is CC(C)(C)c1ccc(NC(=O)c2cccnc2NCc2ccncc2)cc1CCCN1CCCCC1.[HH]. The lowest BCUT2D eigenvalue weighted by Crippen LogP contribution is -2.30. The Morgan fingerprint density at radius 1 is 1.03 bits per heavy atom. The molecule has 0 spiro atoms. The molecule has 3 heterocycles. The summed E-state index contributed by atoms with van der Waals surface area (Å²) in [5.74, 6) is 0.406. The van der Waals surface area contributed by atoms with E-state index in [1.165, 1.54) is 43.5 Å². The normalized spacial score (nSPS) is 14.4. The van der Waals surface area contributed by atoms with E-state index >= 15 is 0 Å². The molecule has 1 aliphatic rings. The lowest BCUT2D eigenvalue weighted by atomic mass is 9.82. The van der Waals surface area contributed by atoms with Gasteiger partial charge in [0, 0.05) is 32.2 Å². The predicted octanol–water partition coefficient (Wildman–Crippen LogP) is 6.30. The monoisotopic (exact) mass is 487 g/mol. The number of nitrogens with zero attached hydrogens (tertiary/aromatic N) is 3. The molecule has 1 saturated heterocycles. The molecule has 1 fully saturated rings. The number of likely N-dealkylation sites (tertiary alicyclic amines) is 1. The number of benzene rings is 1. The zero-order valence-electron chi connectivity index (χ0n) is 21.9. The van der Waals surface area contributed by atoms with E-state index in [9.17, 15) is 4.79 Å². The Labute approximate surface area is 217 Å². The molecule has 6 nitrogen and oxygen atoms in total. The first-order chi connectivity index (χ1) is 17.4. The fourth-order valence-electron chi connectivity index (χ4n) is 4.90. The van der Waals surface area contributed by atoms with Gasteiger partial charge in [-0.2, -0.15) is 0 Å². The summed E-state index contributed by atoms with van der Waals surface area (Å²) in [4.78, 5) is 24.3. The standard InChI is InChI=1S/C30H39N5O.H2/c1-30(2,3)27-12-11-25(21-24(27)9-8-20-35-18-5-4-6-19-35)34-29(36)26-10-7-15-32-28(26)33-22-23-13-16-31-17-14-23;/h7,10-17,21H,4-6,8-9,18-20,22H2,1-3H3,(H,32,33)(H,34,36);1H. The number of aromatic nitrogens is 2. The molecular formula is C30H41N5O. The number of rotatable bonds is 9. The van der Waals surface area contributed by atoms with E-state index in [4.69, 9.17) is 0 Å². The molecule has 1 aromatic carbocycles. The Hall–Kier alpha value is -3.25. The van der Waals surface area contributed by atoms with Crippen LogP contribution in [0, 0.1) is 0 Å². The van der Waals surface area contributed by atoms with Crippen molar-refractivity contribution in [3.63, 3.8) is 0 Å². The van der Waals surface area contributed by atoms with Gasteiger partial charge in [-0.3, -0.25) is 9.78 Å². The Bertz CT molecular complexity index is 1140. The van der Waals surface area contributed by atoms with Crippen molar-refractivity contribution in [3.05, 3.63) is 83.3 Å². The summed E-state index contributed by atoms with van der Waals surface area (Å²) in [6.07, 6.45) is 11.4. The van der Waals surface area contributed by atoms with Crippen molar-refractivity contribution in [2.24, 2.45) is 0 Å². The summed E-state index contributed by atoms with van der Waals surface area (Å²) in [5, 5.41) is 6.41. The van der Waals surface area contributed by atoms with Crippen LogP contribution in [0.5, 0.6) is 0 Å². The lowest BCUT2D eigenvalue weighted by Gasteiger charge is -2.27. The van der Waals surface area contributed by atoms with Crippen LogP contribution in [0.1, 0.15) is 74.9 Å². The lowest BCUT2D eigenvalue weighted by molar-refractivity contribution is 0.102. The number of pyridine rings is 2. The minimum absolute atomic E-state index is 0. The molecule has 36 heavy (non-hydrogen) atoms. The molecule has 0 bridgehead atoms. The van der Waals surface area contributed by atoms with Crippen LogP contribution in [0.25, 0.3) is 0 Å². The zero-order valence-corrected chi connectivity index (χ0v) is 21.9. The van der Waals surface area contributed by atoms with Crippen molar-refractivity contribution >= 4 is 17.4 Å². The highest BCUT2D eigenvalue weighted by molar-refractivity contribution is 6.07. The maximum atomic E-state index is 13.3. The van der Waals surface area contributed by atoms with Crippen molar-refractivity contribution in [1.82, 2.24) is 14.9 Å². The highest BCUT2D eigenvalue weighted by Gasteiger charge is 2.20. The molecule has 2 N–H and O–H groups in total. The number of nitrogens with one attached hydrogen (secondary N) is 2. The Morgan fingerprint density at radius 2 is 1.81 bits per heavy atom. The van der Waals surface area contributed by atoms with Crippen molar-refractivity contribution < 1.29 is 6.22 Å². The molecule has 0 aliphatic carbocycles. The average molecular weight is 488 g/mol. The molecular weight excluding hydrogens is 446 g/mol. The van der Waals surface area contributed by atoms with E-state index in [1.807, 2.05) is 18.2 Å². The Balaban J connectivity index is 0.00000380. The van der Waals surface area contributed by atoms with Gasteiger partial charge in [0.2, 0.25) is 0 Å². The van der Waals surface area contributed by atoms with E-state index in [0.29, 0.717) is 17.9 Å². The van der Waals surface area contributed by atoms with Crippen molar-refractivity contribution in [2.45, 2.75) is 64.8 Å². The van der Waals surface area contributed by atoms with Crippen LogP contribution >= 0.6 is 0 Å². The first-order valence-corrected chi connectivity index (χ1v) is 13.1. The summed E-state index contributed by atoms with van der Waals surface area (Å²) in [5.41, 5.74) is 5.15. The average Bonchev–Trinajstić information content (AvgIpc) is 2.88. The van der Waals surface area contributed by atoms with E-state index < -0.39 is 0 Å². The van der Waals surface area contributed by atoms with Crippen LogP contribution < -0.4 is 10.6 Å². The third-order valence-corrected chi connectivity index (χ3v) is 6.80. The smallest absolute Gasteiger partial charge is 0.259 e. The maximum absolute atomic E-state index is 13.3. The summed E-state index contributed by atoms with van der Waals surface area (Å²) in [6.45, 7) is 10.9. The Morgan fingerprint density at radius 3 is 2.56 bits per heavy atom. The van der Waals surface area contributed by atoms with E-state index in [1.54, 1.807) is 30.7 Å². The van der Waals surface area contributed by atoms with Crippen LogP contribution in [-0.2, 0) is 18.4 Å². The summed E-state index contributed by atoms with van der Waals surface area (Å²) >= 11 is 0. The largest absolute Gasteiger partial charge is 0.365 e. The van der Waals surface area contributed by atoms with Gasteiger partial charge in [0.05, 0.1) is 5.56 Å². The highest BCUT2D eigenvalue weighted by Crippen LogP contribution is 2.29. The molecule has 6 heteroatoms. The van der Waals surface area contributed by atoms with Crippen molar-refractivity contribution in [1.29, 1.82) is 0 Å². The molecule has 1 amide bonds. The number of anilines is 2. The second kappa shape index (κ2) is 12.1. The molecule has 4 rings (SSSR count). The highest BCUT2D eigenvalue weighted by atomic mass is 16.1. The maximum Gasteiger partial charge on any atom is 0.259 e. The van der Waals surface area contributed by atoms with E-state index in [-0.39, 0.29) is 12.7 Å². The molecule has 3 aromatic rings. The number of aryl methyl sites for hydroxylation is 1. The van der Waals surface area contributed by atoms with Gasteiger partial charge in [0.15, 0.2) is 0 Å². The van der Waals surface area contributed by atoms with Gasteiger partial charge < -0.3 is 15.5 Å². The third-order valence-electron chi connectivity index (χ3n) is 6.80. The minimum atomic E-state index is -0.164. The first-order valence-electron chi connectivity index (χ1n) is 13.1. The van der Waals surface area contributed by atoms with Crippen LogP contribution in [0.4, 0.5) is 11.5 Å². The van der Waals surface area contributed by atoms with Gasteiger partial charge in [-0.1, -0.05) is 33.3 Å². The molecule has 0 unspecified atom stereocenters. The van der Waals surface area contributed by atoms with Crippen LogP contribution in [0.2, 0.25) is 0 Å². The van der Waals surface area contributed by atoms with E-state index in [0.717, 1.165) is 30.6 Å². The number of hydrogen-bond acceptors (Lipinski definition) is 5. The van der Waals surface area contributed by atoms with Gasteiger partial charge in [-0.05, 0) is 104 Å².